The Morgan fingerprint density at radius 3 is 2.20 bits per heavy atom. The second kappa shape index (κ2) is 14.8. The Morgan fingerprint density at radius 2 is 1.61 bits per heavy atom. The molecule has 2 amide bonds. The molecule has 0 aliphatic carbocycles. The first-order valence-corrected chi connectivity index (χ1v) is 15.5. The molecule has 0 saturated heterocycles. The molecular weight excluding hydrogens is 609 g/mol. The third-order valence-corrected chi connectivity index (χ3v) is 9.15. The summed E-state index contributed by atoms with van der Waals surface area (Å²) in [4.78, 5) is 28.3. The van der Waals surface area contributed by atoms with Crippen molar-refractivity contribution < 1.29 is 22.7 Å². The van der Waals surface area contributed by atoms with Gasteiger partial charge in [0.2, 0.25) is 11.8 Å². The Kier molecular flexibility index (Phi) is 11.7. The number of hydrogen-bond donors (Lipinski definition) is 1. The second-order valence-corrected chi connectivity index (χ2v) is 12.4. The Balaban J connectivity index is 2.01. The molecule has 0 unspecified atom stereocenters. The first-order valence-electron chi connectivity index (χ1n) is 12.9. The molecule has 0 heterocycles. The van der Waals surface area contributed by atoms with Crippen molar-refractivity contribution in [2.75, 3.05) is 24.5 Å². The minimum absolute atomic E-state index is 0.00483. The fourth-order valence-electron chi connectivity index (χ4n) is 3.96. The van der Waals surface area contributed by atoms with Crippen LogP contribution in [0.3, 0.4) is 0 Å². The molecule has 3 rings (SSSR count). The maximum absolute atomic E-state index is 13.9. The summed E-state index contributed by atoms with van der Waals surface area (Å²) in [6, 6.07) is 15.9. The van der Waals surface area contributed by atoms with E-state index in [2.05, 4.69) is 5.32 Å². The van der Waals surface area contributed by atoms with Crippen LogP contribution in [0, 0.1) is 0 Å². The van der Waals surface area contributed by atoms with Crippen LogP contribution in [-0.2, 0) is 26.2 Å². The van der Waals surface area contributed by atoms with Gasteiger partial charge in [0.15, 0.2) is 0 Å². The van der Waals surface area contributed by atoms with Gasteiger partial charge >= 0.3 is 0 Å². The highest BCUT2D eigenvalue weighted by molar-refractivity contribution is 7.92. The molecule has 0 aliphatic heterocycles. The number of amides is 2. The Labute approximate surface area is 256 Å². The average Bonchev–Trinajstić information content (AvgIpc) is 2.96. The number of rotatable bonds is 13. The number of carbonyl (C=O) groups is 2. The van der Waals surface area contributed by atoms with Gasteiger partial charge < -0.3 is 15.0 Å². The number of methoxy groups -OCH3 is 1. The van der Waals surface area contributed by atoms with E-state index in [1.807, 2.05) is 6.92 Å². The van der Waals surface area contributed by atoms with E-state index in [-0.39, 0.29) is 23.0 Å². The summed E-state index contributed by atoms with van der Waals surface area (Å²) in [6.07, 6.45) is 1.67. The largest absolute Gasteiger partial charge is 0.497 e. The zero-order valence-corrected chi connectivity index (χ0v) is 26.0. The average molecular weight is 641 g/mol. The highest BCUT2D eigenvalue weighted by atomic mass is 35.5. The minimum atomic E-state index is -4.22. The van der Waals surface area contributed by atoms with Crippen molar-refractivity contribution in [2.45, 2.75) is 44.2 Å². The van der Waals surface area contributed by atoms with Gasteiger partial charge in [0.05, 0.1) is 27.7 Å². The number of benzene rings is 3. The third-order valence-electron chi connectivity index (χ3n) is 6.37. The highest BCUT2D eigenvalue weighted by Crippen LogP contribution is 2.28. The molecule has 3 aromatic rings. The van der Waals surface area contributed by atoms with Crippen LogP contribution in [-0.4, -0.2) is 51.4 Å². The minimum Gasteiger partial charge on any atom is -0.497 e. The van der Waals surface area contributed by atoms with E-state index in [0.29, 0.717) is 32.9 Å². The van der Waals surface area contributed by atoms with Gasteiger partial charge in [0.1, 0.15) is 18.3 Å². The van der Waals surface area contributed by atoms with Crippen LogP contribution in [0.15, 0.2) is 71.6 Å². The van der Waals surface area contributed by atoms with Crippen molar-refractivity contribution in [2.24, 2.45) is 0 Å². The van der Waals surface area contributed by atoms with Gasteiger partial charge in [-0.05, 0) is 79.6 Å². The maximum Gasteiger partial charge on any atom is 0.264 e. The fraction of sp³-hybridized carbons (Fsp3) is 0.310. The van der Waals surface area contributed by atoms with E-state index in [4.69, 9.17) is 39.5 Å². The monoisotopic (exact) mass is 639 g/mol. The SMILES string of the molecule is CCCCNC(=O)[C@H](C)N(Cc1ccc(Cl)c(Cl)c1)C(=O)CN(c1ccc(Cl)cc1)S(=O)(=O)c1ccc(OC)cc1. The molecule has 8 nitrogen and oxygen atoms in total. The molecule has 220 valence electrons. The molecule has 0 saturated carbocycles. The number of nitrogens with zero attached hydrogens (tertiary/aromatic N) is 2. The molecule has 0 fully saturated rings. The molecule has 0 aliphatic rings. The first-order chi connectivity index (χ1) is 19.5. The number of ether oxygens (including phenoxy) is 1. The molecule has 0 aromatic heterocycles. The molecule has 0 bridgehead atoms. The number of carbonyl (C=O) groups excluding carboxylic acids is 2. The molecule has 0 spiro atoms. The summed E-state index contributed by atoms with van der Waals surface area (Å²) in [5, 5.41) is 3.89. The van der Waals surface area contributed by atoms with Crippen LogP contribution in [0.1, 0.15) is 32.3 Å². The van der Waals surface area contributed by atoms with Crippen LogP contribution in [0.5, 0.6) is 5.75 Å². The van der Waals surface area contributed by atoms with Crippen LogP contribution in [0.2, 0.25) is 15.1 Å². The standard InChI is InChI=1S/C29H32Cl3N3O5S/c1-4-5-16-33-29(37)20(2)34(18-21-6-15-26(31)27(32)17-21)28(36)19-35(23-9-7-22(30)8-10-23)41(38,39)25-13-11-24(40-3)12-14-25/h6-15,17,20H,4-5,16,18-19H2,1-3H3,(H,33,37)/t20-/m0/s1. The number of anilines is 1. The van der Waals surface area contributed by atoms with Crippen molar-refractivity contribution in [1.82, 2.24) is 10.2 Å². The number of unbranched alkanes of at least 4 members (excludes halogenated alkanes) is 1. The molecular formula is C29H32Cl3N3O5S. The smallest absolute Gasteiger partial charge is 0.264 e. The zero-order chi connectivity index (χ0) is 30.2. The van der Waals surface area contributed by atoms with Crippen LogP contribution in [0.4, 0.5) is 5.69 Å². The van der Waals surface area contributed by atoms with Gasteiger partial charge in [-0.2, -0.15) is 0 Å². The predicted molar refractivity (Wildman–Crippen MR) is 163 cm³/mol. The number of hydrogen-bond acceptors (Lipinski definition) is 5. The van der Waals surface area contributed by atoms with Crippen molar-refractivity contribution >= 4 is 62.3 Å². The quantitative estimate of drug-likeness (QED) is 0.225. The van der Waals surface area contributed by atoms with E-state index >= 15 is 0 Å². The third kappa shape index (κ3) is 8.52. The summed E-state index contributed by atoms with van der Waals surface area (Å²) in [7, 11) is -2.74. The topological polar surface area (TPSA) is 96.0 Å². The summed E-state index contributed by atoms with van der Waals surface area (Å²) < 4.78 is 33.9. The van der Waals surface area contributed by atoms with Gasteiger partial charge in [0, 0.05) is 18.1 Å². The van der Waals surface area contributed by atoms with E-state index in [9.17, 15) is 18.0 Å². The molecule has 1 atom stereocenters. The van der Waals surface area contributed by atoms with Crippen molar-refractivity contribution in [3.8, 4) is 5.75 Å². The normalized spacial score (nSPS) is 12.0. The van der Waals surface area contributed by atoms with Crippen LogP contribution < -0.4 is 14.4 Å². The highest BCUT2D eigenvalue weighted by Gasteiger charge is 2.32. The number of halogens is 3. The van der Waals surface area contributed by atoms with Gasteiger partial charge in [-0.3, -0.25) is 13.9 Å². The zero-order valence-electron chi connectivity index (χ0n) is 22.9. The van der Waals surface area contributed by atoms with Crippen LogP contribution in [0.25, 0.3) is 0 Å². The summed E-state index contributed by atoms with van der Waals surface area (Å²) >= 11 is 18.3. The molecule has 41 heavy (non-hydrogen) atoms. The molecule has 1 N–H and O–H groups in total. The lowest BCUT2D eigenvalue weighted by atomic mass is 10.1. The first kappa shape index (κ1) is 32.5. The van der Waals surface area contributed by atoms with E-state index in [0.717, 1.165) is 17.1 Å². The predicted octanol–water partition coefficient (Wildman–Crippen LogP) is 6.18. The summed E-state index contributed by atoms with van der Waals surface area (Å²) in [5.74, 6) is -0.474. The lowest BCUT2D eigenvalue weighted by molar-refractivity contribution is -0.139. The van der Waals surface area contributed by atoms with Crippen LogP contribution >= 0.6 is 34.8 Å². The van der Waals surface area contributed by atoms with Gasteiger partial charge in [-0.15, -0.1) is 0 Å². The van der Waals surface area contributed by atoms with Gasteiger partial charge in [-0.25, -0.2) is 8.42 Å². The maximum atomic E-state index is 13.9. The molecule has 0 radical (unpaired) electrons. The van der Waals surface area contributed by atoms with Gasteiger partial charge in [-0.1, -0.05) is 54.2 Å². The number of nitrogens with one attached hydrogen (secondary N) is 1. The lowest BCUT2D eigenvalue weighted by Crippen LogP contribution is -2.51. The van der Waals surface area contributed by atoms with E-state index < -0.39 is 28.5 Å². The lowest BCUT2D eigenvalue weighted by Gasteiger charge is -2.32. The Bertz CT molecular complexity index is 1450. The van der Waals surface area contributed by atoms with Crippen molar-refractivity contribution in [1.29, 1.82) is 0 Å². The molecule has 3 aromatic carbocycles. The summed E-state index contributed by atoms with van der Waals surface area (Å²) in [6.45, 7) is 3.47. The van der Waals surface area contributed by atoms with Crippen molar-refractivity contribution in [3.63, 3.8) is 0 Å². The second-order valence-electron chi connectivity index (χ2n) is 9.25. The van der Waals surface area contributed by atoms with E-state index in [1.165, 1.54) is 60.5 Å². The Morgan fingerprint density at radius 1 is 0.951 bits per heavy atom. The Hall–Kier alpha value is -2.98. The summed E-state index contributed by atoms with van der Waals surface area (Å²) in [5.41, 5.74) is 0.852. The van der Waals surface area contributed by atoms with Crippen molar-refractivity contribution in [3.05, 3.63) is 87.4 Å². The number of sulfonamides is 1. The van der Waals surface area contributed by atoms with E-state index in [1.54, 1.807) is 25.1 Å². The van der Waals surface area contributed by atoms with Gasteiger partial charge in [0.25, 0.3) is 10.0 Å². The molecule has 12 heteroatoms. The fourth-order valence-corrected chi connectivity index (χ4v) is 5.83.